The fourth-order valence-electron chi connectivity index (χ4n) is 8.92. The van der Waals surface area contributed by atoms with Crippen molar-refractivity contribution in [2.75, 3.05) is 4.90 Å². The average molecular weight is 740 g/mol. The van der Waals surface area contributed by atoms with E-state index in [2.05, 4.69) is 206 Å². The van der Waals surface area contributed by atoms with Gasteiger partial charge in [-0.25, -0.2) is 0 Å². The summed E-state index contributed by atoms with van der Waals surface area (Å²) in [7, 11) is 0. The maximum Gasteiger partial charge on any atom is 0.159 e. The molecule has 10 rings (SSSR count). The molecule has 1 heterocycles. The fraction of sp³-hybridized carbons (Fsp3) is 0.200. The lowest BCUT2D eigenvalue weighted by molar-refractivity contribution is 0.573. The number of fused-ring (bicyclic) bond motifs is 9. The average Bonchev–Trinajstić information content (AvgIpc) is 3.58. The molecular weight excluding hydrogens is 691 g/mol. The molecule has 280 valence electrons. The van der Waals surface area contributed by atoms with E-state index in [1.54, 1.807) is 0 Å². The van der Waals surface area contributed by atoms with Crippen molar-refractivity contribution >= 4 is 60.5 Å². The van der Waals surface area contributed by atoms with Gasteiger partial charge in [0, 0.05) is 27.7 Å². The van der Waals surface area contributed by atoms with Crippen LogP contribution in [0.3, 0.4) is 0 Å². The second-order valence-electron chi connectivity index (χ2n) is 18.5. The highest BCUT2D eigenvalue weighted by atomic mass is 16.3. The summed E-state index contributed by atoms with van der Waals surface area (Å²) in [6.45, 7) is 18.1. The van der Waals surface area contributed by atoms with E-state index in [1.807, 2.05) is 0 Å². The molecule has 0 radical (unpaired) electrons. The van der Waals surface area contributed by atoms with Gasteiger partial charge >= 0.3 is 0 Å². The summed E-state index contributed by atoms with van der Waals surface area (Å²) in [5.74, 6) is 0.403. The van der Waals surface area contributed by atoms with Crippen LogP contribution in [0, 0.1) is 0 Å². The molecular formula is C55H49NO. The number of para-hydroxylation sites is 2. The van der Waals surface area contributed by atoms with Gasteiger partial charge in [-0.15, -0.1) is 0 Å². The van der Waals surface area contributed by atoms with Crippen molar-refractivity contribution in [1.29, 1.82) is 0 Å². The SMILES string of the molecule is CC(C)c1cccc(N(c2ccc3cc4c(cc3c2)-c2cc3cc(-c5ccc(C(C)(C)C)cc5)ccc3cc2-4)c2cccc3c2oc2c(C(C)(C)C)cccc23)c1. The third kappa shape index (κ3) is 5.84. The number of rotatable bonds is 5. The number of hydrogen-bond acceptors (Lipinski definition) is 2. The molecule has 0 unspecified atom stereocenters. The molecule has 1 aromatic heterocycles. The Balaban J connectivity index is 1.09. The van der Waals surface area contributed by atoms with Crippen LogP contribution >= 0.6 is 0 Å². The van der Waals surface area contributed by atoms with Gasteiger partial charge in [-0.3, -0.25) is 0 Å². The Morgan fingerprint density at radius 3 is 1.67 bits per heavy atom. The molecule has 9 aromatic rings. The minimum atomic E-state index is -0.0513. The van der Waals surface area contributed by atoms with E-state index >= 15 is 0 Å². The quantitative estimate of drug-likeness (QED) is 0.175. The summed E-state index contributed by atoms with van der Waals surface area (Å²) < 4.78 is 6.96. The van der Waals surface area contributed by atoms with Crippen molar-refractivity contribution < 1.29 is 4.42 Å². The number of nitrogens with zero attached hydrogens (tertiary/aromatic N) is 1. The Labute approximate surface area is 336 Å². The van der Waals surface area contributed by atoms with Crippen LogP contribution in [0.15, 0.2) is 150 Å². The van der Waals surface area contributed by atoms with E-state index in [4.69, 9.17) is 4.42 Å². The number of hydrogen-bond donors (Lipinski definition) is 0. The van der Waals surface area contributed by atoms with Gasteiger partial charge < -0.3 is 9.32 Å². The van der Waals surface area contributed by atoms with Gasteiger partial charge in [0.05, 0.1) is 5.69 Å². The predicted molar refractivity (Wildman–Crippen MR) is 245 cm³/mol. The highest BCUT2D eigenvalue weighted by molar-refractivity contribution is 6.14. The third-order valence-corrected chi connectivity index (χ3v) is 12.2. The van der Waals surface area contributed by atoms with Crippen molar-refractivity contribution in [2.45, 2.75) is 72.1 Å². The normalized spacial score (nSPS) is 12.7. The van der Waals surface area contributed by atoms with Gasteiger partial charge in [0.1, 0.15) is 5.58 Å². The van der Waals surface area contributed by atoms with Gasteiger partial charge in [-0.05, 0) is 143 Å². The van der Waals surface area contributed by atoms with Crippen LogP contribution in [0.1, 0.15) is 78.0 Å². The number of benzene rings is 8. The monoisotopic (exact) mass is 739 g/mol. The van der Waals surface area contributed by atoms with Crippen molar-refractivity contribution in [2.24, 2.45) is 0 Å². The minimum absolute atomic E-state index is 0.0513. The predicted octanol–water partition coefficient (Wildman–Crippen LogP) is 16.4. The maximum absolute atomic E-state index is 6.96. The lowest BCUT2D eigenvalue weighted by atomic mass is 9.77. The van der Waals surface area contributed by atoms with Crippen LogP contribution in [-0.4, -0.2) is 0 Å². The topological polar surface area (TPSA) is 16.4 Å². The maximum atomic E-state index is 6.96. The summed E-state index contributed by atoms with van der Waals surface area (Å²) in [5.41, 5.74) is 16.9. The van der Waals surface area contributed by atoms with Gasteiger partial charge in [0.2, 0.25) is 0 Å². The van der Waals surface area contributed by atoms with Crippen molar-refractivity contribution in [3.8, 4) is 33.4 Å². The van der Waals surface area contributed by atoms with E-state index in [0.29, 0.717) is 5.92 Å². The molecule has 0 saturated heterocycles. The molecule has 57 heavy (non-hydrogen) atoms. The molecule has 0 spiro atoms. The van der Waals surface area contributed by atoms with Crippen LogP contribution in [-0.2, 0) is 10.8 Å². The van der Waals surface area contributed by atoms with Crippen molar-refractivity contribution in [3.05, 3.63) is 162 Å². The summed E-state index contributed by atoms with van der Waals surface area (Å²) in [6, 6.07) is 54.6. The van der Waals surface area contributed by atoms with E-state index in [9.17, 15) is 0 Å². The summed E-state index contributed by atoms with van der Waals surface area (Å²) in [4.78, 5) is 2.39. The van der Waals surface area contributed by atoms with E-state index in [0.717, 1.165) is 39.0 Å². The van der Waals surface area contributed by atoms with Gasteiger partial charge in [-0.2, -0.15) is 0 Å². The Bertz CT molecular complexity index is 3050. The first-order chi connectivity index (χ1) is 27.3. The Hall–Kier alpha value is -6.12. The smallest absolute Gasteiger partial charge is 0.159 e. The number of anilines is 3. The van der Waals surface area contributed by atoms with E-state index in [1.165, 1.54) is 71.6 Å². The summed E-state index contributed by atoms with van der Waals surface area (Å²) >= 11 is 0. The summed E-state index contributed by atoms with van der Waals surface area (Å²) in [6.07, 6.45) is 0. The molecule has 0 aliphatic heterocycles. The summed E-state index contributed by atoms with van der Waals surface area (Å²) in [5, 5.41) is 7.31. The molecule has 0 N–H and O–H groups in total. The molecule has 0 bridgehead atoms. The Morgan fingerprint density at radius 2 is 1.02 bits per heavy atom. The molecule has 2 nitrogen and oxygen atoms in total. The zero-order valence-corrected chi connectivity index (χ0v) is 34.3. The zero-order valence-electron chi connectivity index (χ0n) is 34.3. The second-order valence-corrected chi connectivity index (χ2v) is 18.5. The first-order valence-electron chi connectivity index (χ1n) is 20.4. The highest BCUT2D eigenvalue weighted by Gasteiger charge is 2.27. The Morgan fingerprint density at radius 1 is 0.456 bits per heavy atom. The molecule has 0 atom stereocenters. The molecule has 1 aliphatic rings. The fourth-order valence-corrected chi connectivity index (χ4v) is 8.92. The van der Waals surface area contributed by atoms with Crippen LogP contribution < -0.4 is 4.90 Å². The van der Waals surface area contributed by atoms with Crippen LogP contribution in [0.25, 0.3) is 76.9 Å². The van der Waals surface area contributed by atoms with E-state index in [-0.39, 0.29) is 10.8 Å². The van der Waals surface area contributed by atoms with Crippen LogP contribution in [0.2, 0.25) is 0 Å². The van der Waals surface area contributed by atoms with Crippen LogP contribution in [0.4, 0.5) is 17.1 Å². The molecule has 2 heteroatoms. The zero-order chi connectivity index (χ0) is 39.4. The van der Waals surface area contributed by atoms with Gasteiger partial charge in [0.25, 0.3) is 0 Å². The third-order valence-electron chi connectivity index (χ3n) is 12.2. The standard InChI is InChI=1S/C55H49NO/c1-33(2)35-12-9-13-42(27-35)56(51-17-11-15-45-44-14-10-16-50(55(6,7)8)52(44)57-53(45)51)43-25-22-38-30-47-46-29-37-19-18-36(34-20-23-41(24-21-34)54(3,4)5)26-39(37)31-48(46)49(47)32-40(38)28-43/h9-33H,1-8H3. The first-order valence-corrected chi connectivity index (χ1v) is 20.4. The van der Waals surface area contributed by atoms with E-state index < -0.39 is 0 Å². The number of furan rings is 1. The van der Waals surface area contributed by atoms with Crippen LogP contribution in [0.5, 0.6) is 0 Å². The van der Waals surface area contributed by atoms with Gasteiger partial charge in [-0.1, -0.05) is 140 Å². The second kappa shape index (κ2) is 12.7. The highest BCUT2D eigenvalue weighted by Crippen LogP contribution is 2.51. The minimum Gasteiger partial charge on any atom is -0.454 e. The molecule has 0 amide bonds. The van der Waals surface area contributed by atoms with Crippen molar-refractivity contribution in [3.63, 3.8) is 0 Å². The lowest BCUT2D eigenvalue weighted by Gasteiger charge is -2.28. The molecule has 8 aromatic carbocycles. The van der Waals surface area contributed by atoms with Gasteiger partial charge in [0.15, 0.2) is 5.58 Å². The molecule has 1 aliphatic carbocycles. The first kappa shape index (κ1) is 35.3. The van der Waals surface area contributed by atoms with Crippen molar-refractivity contribution in [1.82, 2.24) is 0 Å². The molecule has 0 fully saturated rings. The molecule has 0 saturated carbocycles. The Kier molecular flexibility index (Phi) is 7.86. The largest absolute Gasteiger partial charge is 0.454 e. The lowest BCUT2D eigenvalue weighted by Crippen LogP contribution is -2.11.